The second-order valence-corrected chi connectivity index (χ2v) is 5.85. The van der Waals surface area contributed by atoms with E-state index >= 15 is 0 Å². The molecule has 1 fully saturated rings. The van der Waals surface area contributed by atoms with Gasteiger partial charge in [-0.1, -0.05) is 6.07 Å². The number of aryl methyl sites for hydroxylation is 1. The number of rotatable bonds is 4. The summed E-state index contributed by atoms with van der Waals surface area (Å²) < 4.78 is 13.5. The first-order valence-corrected chi connectivity index (χ1v) is 7.12. The molecule has 0 spiro atoms. The third-order valence-electron chi connectivity index (χ3n) is 4.31. The summed E-state index contributed by atoms with van der Waals surface area (Å²) in [5.41, 5.74) is 4.88. The second-order valence-electron chi connectivity index (χ2n) is 5.85. The van der Waals surface area contributed by atoms with Crippen molar-refractivity contribution in [2.45, 2.75) is 25.4 Å². The molecule has 0 aliphatic carbocycles. The molecule has 4 nitrogen and oxygen atoms in total. The van der Waals surface area contributed by atoms with Crippen molar-refractivity contribution in [1.29, 1.82) is 0 Å². The highest BCUT2D eigenvalue weighted by molar-refractivity contribution is 5.29. The zero-order valence-corrected chi connectivity index (χ0v) is 12.6. The summed E-state index contributed by atoms with van der Waals surface area (Å²) in [6, 6.07) is 5.30. The monoisotopic (exact) mass is 280 g/mol. The number of nitrogens with zero attached hydrogens (tertiary/aromatic N) is 2. The molecule has 1 aliphatic heterocycles. The summed E-state index contributed by atoms with van der Waals surface area (Å²) in [5, 5.41) is 0. The second kappa shape index (κ2) is 6.63. The van der Waals surface area contributed by atoms with Crippen LogP contribution in [0.25, 0.3) is 0 Å². The van der Waals surface area contributed by atoms with Crippen molar-refractivity contribution in [1.82, 2.24) is 15.2 Å². The van der Waals surface area contributed by atoms with Gasteiger partial charge in [-0.05, 0) is 50.7 Å². The minimum absolute atomic E-state index is 0.0235. The number of hydrazine groups is 1. The Hall–Kier alpha value is -1.01. The Morgan fingerprint density at radius 3 is 2.85 bits per heavy atom. The molecule has 2 rings (SSSR count). The number of hydrogen-bond acceptors (Lipinski definition) is 4. The van der Waals surface area contributed by atoms with Crippen LogP contribution in [0.4, 0.5) is 4.39 Å². The van der Waals surface area contributed by atoms with E-state index in [1.807, 2.05) is 13.0 Å². The lowest BCUT2D eigenvalue weighted by molar-refractivity contribution is 0.101. The number of benzene rings is 1. The maximum Gasteiger partial charge on any atom is 0.123 e. The Morgan fingerprint density at radius 2 is 2.15 bits per heavy atom. The van der Waals surface area contributed by atoms with Crippen LogP contribution in [0.1, 0.15) is 23.6 Å². The zero-order chi connectivity index (χ0) is 14.7. The van der Waals surface area contributed by atoms with Gasteiger partial charge in [0, 0.05) is 31.7 Å². The van der Waals surface area contributed by atoms with Gasteiger partial charge in [0.15, 0.2) is 0 Å². The average molecular weight is 280 g/mol. The highest BCUT2D eigenvalue weighted by Gasteiger charge is 2.26. The van der Waals surface area contributed by atoms with Crippen molar-refractivity contribution in [2.75, 3.05) is 33.7 Å². The van der Waals surface area contributed by atoms with Crippen molar-refractivity contribution in [3.63, 3.8) is 0 Å². The minimum Gasteiger partial charge on any atom is -0.304 e. The van der Waals surface area contributed by atoms with Crippen LogP contribution in [0.15, 0.2) is 18.2 Å². The van der Waals surface area contributed by atoms with E-state index in [-0.39, 0.29) is 11.9 Å². The van der Waals surface area contributed by atoms with E-state index in [1.165, 1.54) is 6.07 Å². The van der Waals surface area contributed by atoms with Gasteiger partial charge in [0.05, 0.1) is 0 Å². The van der Waals surface area contributed by atoms with E-state index in [4.69, 9.17) is 5.84 Å². The smallest absolute Gasteiger partial charge is 0.123 e. The maximum atomic E-state index is 13.5. The molecule has 2 atom stereocenters. The summed E-state index contributed by atoms with van der Waals surface area (Å²) in [6.45, 7) is 5.16. The normalized spacial score (nSPS) is 22.9. The Kier molecular flexibility index (Phi) is 5.10. The lowest BCUT2D eigenvalue weighted by Gasteiger charge is -2.39. The Labute approximate surface area is 120 Å². The third kappa shape index (κ3) is 3.55. The molecule has 1 aliphatic rings. The van der Waals surface area contributed by atoms with Gasteiger partial charge in [-0.2, -0.15) is 0 Å². The van der Waals surface area contributed by atoms with Gasteiger partial charge in [-0.25, -0.2) is 4.39 Å². The van der Waals surface area contributed by atoms with E-state index in [0.717, 1.165) is 37.2 Å². The first-order chi connectivity index (χ1) is 9.51. The molecule has 0 saturated carbocycles. The summed E-state index contributed by atoms with van der Waals surface area (Å²) in [5.74, 6) is 5.51. The number of halogens is 1. The molecule has 1 aromatic rings. The van der Waals surface area contributed by atoms with Crippen LogP contribution < -0.4 is 11.3 Å². The van der Waals surface area contributed by atoms with Crippen molar-refractivity contribution in [3.8, 4) is 0 Å². The molecule has 3 N–H and O–H groups in total. The highest BCUT2D eigenvalue weighted by atomic mass is 19.1. The van der Waals surface area contributed by atoms with Crippen LogP contribution in [0.2, 0.25) is 0 Å². The first-order valence-electron chi connectivity index (χ1n) is 7.12. The number of hydrogen-bond donors (Lipinski definition) is 2. The highest BCUT2D eigenvalue weighted by Crippen LogP contribution is 2.25. The molecule has 0 bridgehead atoms. The van der Waals surface area contributed by atoms with Gasteiger partial charge in [0.25, 0.3) is 0 Å². The number of nitrogens with two attached hydrogens (primary N) is 1. The fourth-order valence-electron chi connectivity index (χ4n) is 2.90. The molecule has 1 heterocycles. The molecule has 112 valence electrons. The van der Waals surface area contributed by atoms with E-state index in [9.17, 15) is 4.39 Å². The maximum absolute atomic E-state index is 13.5. The zero-order valence-electron chi connectivity index (χ0n) is 12.6. The Morgan fingerprint density at radius 1 is 1.40 bits per heavy atom. The lowest BCUT2D eigenvalue weighted by Crippen LogP contribution is -2.51. The summed E-state index contributed by atoms with van der Waals surface area (Å²) in [6.07, 6.45) is 0.877. The fraction of sp³-hybridized carbons (Fsp3) is 0.600. The summed E-state index contributed by atoms with van der Waals surface area (Å²) >= 11 is 0. The lowest BCUT2D eigenvalue weighted by atomic mass is 9.94. The average Bonchev–Trinajstić information content (AvgIpc) is 2.42. The van der Waals surface area contributed by atoms with Gasteiger partial charge < -0.3 is 9.80 Å². The van der Waals surface area contributed by atoms with Gasteiger partial charge >= 0.3 is 0 Å². The molecular weight excluding hydrogens is 255 g/mol. The van der Waals surface area contributed by atoms with Crippen LogP contribution in [0.5, 0.6) is 0 Å². The number of nitrogens with one attached hydrogen (secondary N) is 1. The quantitative estimate of drug-likeness (QED) is 0.644. The molecule has 2 unspecified atom stereocenters. The van der Waals surface area contributed by atoms with Crippen LogP contribution >= 0.6 is 0 Å². The molecular formula is C15H25FN4. The Balaban J connectivity index is 2.13. The molecule has 1 saturated heterocycles. The van der Waals surface area contributed by atoms with E-state index < -0.39 is 0 Å². The van der Waals surface area contributed by atoms with Crippen molar-refractivity contribution >= 4 is 0 Å². The number of piperazine rings is 1. The third-order valence-corrected chi connectivity index (χ3v) is 4.31. The van der Waals surface area contributed by atoms with Gasteiger partial charge in [0.1, 0.15) is 5.82 Å². The molecule has 0 amide bonds. The van der Waals surface area contributed by atoms with Crippen molar-refractivity contribution in [2.24, 2.45) is 5.84 Å². The van der Waals surface area contributed by atoms with Crippen LogP contribution in [0, 0.1) is 12.7 Å². The molecule has 0 radical (unpaired) electrons. The predicted octanol–water partition coefficient (Wildman–Crippen LogP) is 1.27. The molecule has 20 heavy (non-hydrogen) atoms. The van der Waals surface area contributed by atoms with Crippen LogP contribution in [-0.4, -0.2) is 49.6 Å². The summed E-state index contributed by atoms with van der Waals surface area (Å²) in [7, 11) is 4.28. The predicted molar refractivity (Wildman–Crippen MR) is 79.7 cm³/mol. The van der Waals surface area contributed by atoms with Gasteiger partial charge in [0.2, 0.25) is 0 Å². The van der Waals surface area contributed by atoms with Crippen LogP contribution in [-0.2, 0) is 0 Å². The number of likely N-dealkylation sites (N-methyl/N-ethyl adjacent to an activating group) is 2. The standard InChI is InChI=1S/C15H25FN4/c1-11-4-5-12(16)8-14(11)15(18-17)9-13-10-19(2)6-7-20(13)3/h4-5,8,13,15,18H,6-7,9-10,17H2,1-3H3. The van der Waals surface area contributed by atoms with Gasteiger partial charge in [-0.15, -0.1) is 0 Å². The Bertz CT molecular complexity index is 451. The topological polar surface area (TPSA) is 44.5 Å². The molecule has 0 aromatic heterocycles. The van der Waals surface area contributed by atoms with E-state index in [1.54, 1.807) is 6.07 Å². The summed E-state index contributed by atoms with van der Waals surface area (Å²) in [4.78, 5) is 4.69. The molecule has 1 aromatic carbocycles. The van der Waals surface area contributed by atoms with Crippen molar-refractivity contribution in [3.05, 3.63) is 35.1 Å². The van der Waals surface area contributed by atoms with E-state index in [2.05, 4.69) is 29.3 Å². The van der Waals surface area contributed by atoms with E-state index in [0.29, 0.717) is 6.04 Å². The molecule has 5 heteroatoms. The van der Waals surface area contributed by atoms with Crippen molar-refractivity contribution < 1.29 is 4.39 Å². The minimum atomic E-state index is -0.208. The van der Waals surface area contributed by atoms with Gasteiger partial charge in [-0.3, -0.25) is 11.3 Å². The SMILES string of the molecule is Cc1ccc(F)cc1C(CC1CN(C)CCN1C)NN. The fourth-order valence-corrected chi connectivity index (χ4v) is 2.90. The largest absolute Gasteiger partial charge is 0.304 e. The first kappa shape index (κ1) is 15.4. The van der Waals surface area contributed by atoms with Crippen LogP contribution in [0.3, 0.4) is 0 Å².